The molecule has 0 amide bonds. The van der Waals surface area contributed by atoms with Crippen LogP contribution in [-0.2, 0) is 6.61 Å². The van der Waals surface area contributed by atoms with Crippen molar-refractivity contribution in [3.63, 3.8) is 0 Å². The number of hydrogen-bond acceptors (Lipinski definition) is 3. The number of methoxy groups -OCH3 is 1. The van der Waals surface area contributed by atoms with Gasteiger partial charge in [0.15, 0.2) is 11.5 Å². The maximum Gasteiger partial charge on any atom is 0.161 e. The van der Waals surface area contributed by atoms with Crippen LogP contribution in [0.15, 0.2) is 18.2 Å². The van der Waals surface area contributed by atoms with Gasteiger partial charge in [-0.3, -0.25) is 0 Å². The highest BCUT2D eigenvalue weighted by molar-refractivity contribution is 5.42. The van der Waals surface area contributed by atoms with Gasteiger partial charge in [-0.05, 0) is 24.1 Å². The lowest BCUT2D eigenvalue weighted by atomic mass is 10.1. The van der Waals surface area contributed by atoms with Gasteiger partial charge in [0, 0.05) is 0 Å². The number of rotatable bonds is 12. The van der Waals surface area contributed by atoms with E-state index in [-0.39, 0.29) is 6.61 Å². The van der Waals surface area contributed by atoms with Crippen molar-refractivity contribution in [1.29, 1.82) is 0 Å². The molecule has 3 nitrogen and oxygen atoms in total. The Bertz CT molecular complexity index is 377. The summed E-state index contributed by atoms with van der Waals surface area (Å²) in [6.07, 6.45) is 10.4. The highest BCUT2D eigenvalue weighted by Gasteiger charge is 2.05. The summed E-state index contributed by atoms with van der Waals surface area (Å²) in [6.45, 7) is 3.00. The molecule has 0 fully saturated rings. The summed E-state index contributed by atoms with van der Waals surface area (Å²) in [5.41, 5.74) is 0.839. The molecule has 0 atom stereocenters. The predicted octanol–water partition coefficient (Wildman–Crippen LogP) is 4.71. The van der Waals surface area contributed by atoms with Crippen LogP contribution in [0.3, 0.4) is 0 Å². The molecule has 0 aromatic heterocycles. The first-order valence-corrected chi connectivity index (χ1v) is 8.22. The van der Waals surface area contributed by atoms with Crippen LogP contribution in [0.1, 0.15) is 63.9 Å². The molecule has 0 saturated carbocycles. The van der Waals surface area contributed by atoms with Crippen molar-refractivity contribution < 1.29 is 14.6 Å². The van der Waals surface area contributed by atoms with E-state index in [4.69, 9.17) is 14.6 Å². The highest BCUT2D eigenvalue weighted by Crippen LogP contribution is 2.28. The topological polar surface area (TPSA) is 38.7 Å². The molecule has 120 valence electrons. The summed E-state index contributed by atoms with van der Waals surface area (Å²) in [5, 5.41) is 9.10. The molecule has 1 aromatic rings. The normalized spacial score (nSPS) is 10.6. The average Bonchev–Trinajstić information content (AvgIpc) is 2.53. The first kappa shape index (κ1) is 17.8. The summed E-state index contributed by atoms with van der Waals surface area (Å²) in [5.74, 6) is 1.46. The van der Waals surface area contributed by atoms with Gasteiger partial charge in [0.25, 0.3) is 0 Å². The maximum absolute atomic E-state index is 9.10. The van der Waals surface area contributed by atoms with Gasteiger partial charge in [0.05, 0.1) is 20.3 Å². The van der Waals surface area contributed by atoms with Crippen LogP contribution in [0.2, 0.25) is 0 Å². The van der Waals surface area contributed by atoms with Gasteiger partial charge in [-0.25, -0.2) is 0 Å². The van der Waals surface area contributed by atoms with Gasteiger partial charge < -0.3 is 14.6 Å². The fourth-order valence-corrected chi connectivity index (χ4v) is 2.35. The molecule has 0 aliphatic rings. The number of hydrogen-bond donors (Lipinski definition) is 1. The van der Waals surface area contributed by atoms with Gasteiger partial charge in [0.1, 0.15) is 0 Å². The fourth-order valence-electron chi connectivity index (χ4n) is 2.35. The molecule has 1 N–H and O–H groups in total. The van der Waals surface area contributed by atoms with Gasteiger partial charge in [-0.2, -0.15) is 0 Å². The lowest BCUT2D eigenvalue weighted by Crippen LogP contribution is -2.00. The smallest absolute Gasteiger partial charge is 0.161 e. The van der Waals surface area contributed by atoms with Crippen molar-refractivity contribution in [3.05, 3.63) is 23.8 Å². The zero-order chi connectivity index (χ0) is 15.3. The molecule has 1 aromatic carbocycles. The third-order valence-corrected chi connectivity index (χ3v) is 3.67. The van der Waals surface area contributed by atoms with E-state index in [1.54, 1.807) is 7.11 Å². The maximum atomic E-state index is 9.10. The molecule has 0 aliphatic heterocycles. The Labute approximate surface area is 129 Å². The summed E-state index contributed by atoms with van der Waals surface area (Å²) in [4.78, 5) is 0. The van der Waals surface area contributed by atoms with E-state index in [1.165, 1.54) is 44.9 Å². The fraction of sp³-hybridized carbons (Fsp3) is 0.667. The molecule has 0 bridgehead atoms. The van der Waals surface area contributed by atoms with Crippen LogP contribution in [0.4, 0.5) is 0 Å². The second-order valence-electron chi connectivity index (χ2n) is 5.47. The molecular formula is C18H30O3. The number of ether oxygens (including phenoxy) is 2. The van der Waals surface area contributed by atoms with Crippen LogP contribution < -0.4 is 9.47 Å². The van der Waals surface area contributed by atoms with Crippen LogP contribution in [-0.4, -0.2) is 18.8 Å². The van der Waals surface area contributed by atoms with E-state index < -0.39 is 0 Å². The first-order valence-electron chi connectivity index (χ1n) is 8.22. The summed E-state index contributed by atoms with van der Waals surface area (Å²) >= 11 is 0. The Morgan fingerprint density at radius 2 is 1.57 bits per heavy atom. The van der Waals surface area contributed by atoms with E-state index in [0.29, 0.717) is 5.75 Å². The van der Waals surface area contributed by atoms with Crippen molar-refractivity contribution in [2.75, 3.05) is 13.7 Å². The monoisotopic (exact) mass is 294 g/mol. The van der Waals surface area contributed by atoms with Gasteiger partial charge in [0.2, 0.25) is 0 Å². The molecule has 0 unspecified atom stereocenters. The van der Waals surface area contributed by atoms with E-state index in [0.717, 1.165) is 24.3 Å². The van der Waals surface area contributed by atoms with Gasteiger partial charge in [-0.1, -0.05) is 57.9 Å². The Morgan fingerprint density at radius 1 is 0.905 bits per heavy atom. The molecular weight excluding hydrogens is 264 g/mol. The van der Waals surface area contributed by atoms with Crippen molar-refractivity contribution in [2.24, 2.45) is 0 Å². The van der Waals surface area contributed by atoms with Crippen LogP contribution in [0.25, 0.3) is 0 Å². The molecule has 0 saturated heterocycles. The van der Waals surface area contributed by atoms with Crippen molar-refractivity contribution in [2.45, 2.75) is 64.9 Å². The molecule has 0 spiro atoms. The lowest BCUT2D eigenvalue weighted by Gasteiger charge is -2.11. The Hall–Kier alpha value is -1.22. The zero-order valence-electron chi connectivity index (χ0n) is 13.6. The summed E-state index contributed by atoms with van der Waals surface area (Å²) in [6, 6.07) is 5.56. The van der Waals surface area contributed by atoms with Crippen molar-refractivity contribution >= 4 is 0 Å². The largest absolute Gasteiger partial charge is 0.493 e. The third-order valence-electron chi connectivity index (χ3n) is 3.67. The quantitative estimate of drug-likeness (QED) is 0.567. The minimum absolute atomic E-state index is 0.0225. The Morgan fingerprint density at radius 3 is 2.19 bits per heavy atom. The number of benzene rings is 1. The van der Waals surface area contributed by atoms with Crippen molar-refractivity contribution in [1.82, 2.24) is 0 Å². The molecule has 21 heavy (non-hydrogen) atoms. The summed E-state index contributed by atoms with van der Waals surface area (Å²) in [7, 11) is 1.62. The number of unbranched alkanes of at least 4 members (excludes halogenated alkanes) is 7. The van der Waals surface area contributed by atoms with Crippen LogP contribution in [0, 0.1) is 0 Å². The van der Waals surface area contributed by atoms with Crippen LogP contribution in [0.5, 0.6) is 11.5 Å². The number of aliphatic hydroxyl groups excluding tert-OH is 1. The minimum Gasteiger partial charge on any atom is -0.493 e. The molecule has 3 heteroatoms. The standard InChI is InChI=1S/C18H30O3/c1-3-4-5-6-7-8-9-10-13-21-17-12-11-16(15-19)14-18(17)20-2/h11-12,14,19H,3-10,13,15H2,1-2H3. The van der Waals surface area contributed by atoms with E-state index in [9.17, 15) is 0 Å². The van der Waals surface area contributed by atoms with Gasteiger partial charge >= 0.3 is 0 Å². The Balaban J connectivity index is 2.15. The SMILES string of the molecule is CCCCCCCCCCOc1ccc(CO)cc1OC. The predicted molar refractivity (Wildman–Crippen MR) is 87.0 cm³/mol. The molecule has 0 radical (unpaired) electrons. The second kappa shape index (κ2) is 11.4. The van der Waals surface area contributed by atoms with Crippen molar-refractivity contribution in [3.8, 4) is 11.5 Å². The second-order valence-corrected chi connectivity index (χ2v) is 5.47. The minimum atomic E-state index is 0.0225. The first-order chi connectivity index (χ1) is 10.3. The molecule has 1 rings (SSSR count). The van der Waals surface area contributed by atoms with E-state index in [2.05, 4.69) is 6.92 Å². The van der Waals surface area contributed by atoms with E-state index >= 15 is 0 Å². The summed E-state index contributed by atoms with van der Waals surface area (Å²) < 4.78 is 11.1. The lowest BCUT2D eigenvalue weighted by molar-refractivity contribution is 0.274. The molecule has 0 heterocycles. The number of aliphatic hydroxyl groups is 1. The van der Waals surface area contributed by atoms with Crippen LogP contribution >= 0.6 is 0 Å². The van der Waals surface area contributed by atoms with Gasteiger partial charge in [-0.15, -0.1) is 0 Å². The third kappa shape index (κ3) is 7.37. The molecule has 0 aliphatic carbocycles. The highest BCUT2D eigenvalue weighted by atomic mass is 16.5. The van der Waals surface area contributed by atoms with E-state index in [1.807, 2.05) is 18.2 Å². The Kier molecular flexibility index (Phi) is 9.71. The zero-order valence-corrected chi connectivity index (χ0v) is 13.6. The average molecular weight is 294 g/mol.